The number of nitrogens with one attached hydrogen (secondary N) is 3. The third-order valence-corrected chi connectivity index (χ3v) is 4.50. The molecule has 0 fully saturated rings. The minimum absolute atomic E-state index is 0.00346. The van der Waals surface area contributed by atoms with Crippen molar-refractivity contribution in [3.8, 4) is 0 Å². The summed E-state index contributed by atoms with van der Waals surface area (Å²) in [4.78, 5) is 63.6. The summed E-state index contributed by atoms with van der Waals surface area (Å²) in [7, 11) is 0. The van der Waals surface area contributed by atoms with Crippen molar-refractivity contribution in [2.45, 2.75) is 70.6 Å². The fourth-order valence-electron chi connectivity index (χ4n) is 2.65. The van der Waals surface area contributed by atoms with Gasteiger partial charge in [-0.05, 0) is 32.1 Å². The Bertz CT molecular complexity index is 736. The van der Waals surface area contributed by atoms with Crippen molar-refractivity contribution < 1.29 is 34.2 Å². The van der Waals surface area contributed by atoms with Gasteiger partial charge in [0.2, 0.25) is 17.7 Å². The lowest BCUT2D eigenvalue weighted by Crippen LogP contribution is -2.58. The van der Waals surface area contributed by atoms with Gasteiger partial charge in [-0.25, -0.2) is 4.79 Å². The Balaban J connectivity index is 5.40. The highest BCUT2D eigenvalue weighted by atomic mass is 16.4. The average molecular weight is 474 g/mol. The highest BCUT2D eigenvalue weighted by Gasteiger charge is 2.31. The van der Waals surface area contributed by atoms with Crippen molar-refractivity contribution in [3.05, 3.63) is 0 Å². The Morgan fingerprint density at radius 2 is 1.42 bits per heavy atom. The molecule has 3 amide bonds. The molecule has 11 N–H and O–H groups in total. The number of carboxylic acid groups (broad SMARTS) is 2. The molecule has 0 aliphatic carbocycles. The molecular weight excluding hydrogens is 438 g/mol. The fraction of sp³-hybridized carbons (Fsp3) is 0.684. The molecule has 0 radical (unpaired) electrons. The fourth-order valence-corrected chi connectivity index (χ4v) is 2.65. The van der Waals surface area contributed by atoms with Crippen LogP contribution in [0.1, 0.15) is 46.5 Å². The summed E-state index contributed by atoms with van der Waals surface area (Å²) in [5.74, 6) is -5.25. The van der Waals surface area contributed by atoms with Gasteiger partial charge in [0.25, 0.3) is 0 Å². The van der Waals surface area contributed by atoms with Gasteiger partial charge in [0.1, 0.15) is 18.1 Å². The van der Waals surface area contributed by atoms with Crippen molar-refractivity contribution in [3.63, 3.8) is 0 Å². The van der Waals surface area contributed by atoms with Gasteiger partial charge < -0.3 is 43.4 Å². The topological polar surface area (TPSA) is 252 Å². The Hall–Kier alpha value is -3.42. The first kappa shape index (κ1) is 29.6. The second-order valence-electron chi connectivity index (χ2n) is 7.86. The summed E-state index contributed by atoms with van der Waals surface area (Å²) in [6.07, 6.45) is -0.505. The molecule has 0 spiro atoms. The number of amides is 3. The summed E-state index contributed by atoms with van der Waals surface area (Å²) >= 11 is 0. The van der Waals surface area contributed by atoms with Gasteiger partial charge in [0.05, 0.1) is 6.04 Å². The Morgan fingerprint density at radius 1 is 0.848 bits per heavy atom. The second-order valence-corrected chi connectivity index (χ2v) is 7.86. The van der Waals surface area contributed by atoms with E-state index in [1.54, 1.807) is 13.8 Å². The van der Waals surface area contributed by atoms with E-state index in [0.29, 0.717) is 0 Å². The number of carbonyl (C=O) groups excluding carboxylic acids is 3. The van der Waals surface area contributed by atoms with Gasteiger partial charge in [-0.15, -0.1) is 0 Å². The molecule has 0 saturated heterocycles. The lowest BCUT2D eigenvalue weighted by atomic mass is 10.0. The number of aliphatic carboxylic acids is 2. The van der Waals surface area contributed by atoms with E-state index < -0.39 is 60.2 Å². The van der Waals surface area contributed by atoms with E-state index in [9.17, 15) is 29.1 Å². The maximum atomic E-state index is 12.7. The lowest BCUT2D eigenvalue weighted by Gasteiger charge is -2.26. The second kappa shape index (κ2) is 14.6. The van der Waals surface area contributed by atoms with Gasteiger partial charge in [-0.1, -0.05) is 13.8 Å². The van der Waals surface area contributed by atoms with Crippen LogP contribution < -0.4 is 33.2 Å². The number of guanidine groups is 1. The molecule has 0 aliphatic heterocycles. The molecule has 188 valence electrons. The zero-order valence-electron chi connectivity index (χ0n) is 19.0. The number of nitrogens with two attached hydrogens (primary N) is 3. The molecule has 4 atom stereocenters. The molecule has 0 aromatic rings. The Kier molecular flexibility index (Phi) is 13.1. The summed E-state index contributed by atoms with van der Waals surface area (Å²) in [6.45, 7) is 4.91. The molecule has 14 nitrogen and oxygen atoms in total. The van der Waals surface area contributed by atoms with Gasteiger partial charge >= 0.3 is 11.9 Å². The largest absolute Gasteiger partial charge is 0.481 e. The third kappa shape index (κ3) is 12.3. The summed E-state index contributed by atoms with van der Waals surface area (Å²) < 4.78 is 0. The molecule has 4 unspecified atom stereocenters. The van der Waals surface area contributed by atoms with Crippen LogP contribution in [0.2, 0.25) is 0 Å². The predicted octanol–water partition coefficient (Wildman–Crippen LogP) is -2.55. The van der Waals surface area contributed by atoms with Gasteiger partial charge in [-0.3, -0.25) is 24.2 Å². The zero-order valence-corrected chi connectivity index (χ0v) is 19.0. The van der Waals surface area contributed by atoms with Crippen LogP contribution in [0.3, 0.4) is 0 Å². The maximum absolute atomic E-state index is 12.7. The van der Waals surface area contributed by atoms with Crippen LogP contribution in [0.25, 0.3) is 0 Å². The number of carbonyl (C=O) groups is 5. The monoisotopic (exact) mass is 473 g/mol. The first-order valence-electron chi connectivity index (χ1n) is 10.4. The van der Waals surface area contributed by atoms with E-state index >= 15 is 0 Å². The molecule has 0 aromatic heterocycles. The number of aliphatic imine (C=N–C) groups is 1. The first-order chi connectivity index (χ1) is 15.3. The van der Waals surface area contributed by atoms with E-state index in [-0.39, 0.29) is 37.7 Å². The van der Waals surface area contributed by atoms with E-state index in [1.807, 2.05) is 0 Å². The average Bonchev–Trinajstić information content (AvgIpc) is 2.69. The summed E-state index contributed by atoms with van der Waals surface area (Å²) in [5, 5.41) is 25.5. The molecule has 0 heterocycles. The van der Waals surface area contributed by atoms with E-state index in [4.69, 9.17) is 22.3 Å². The SMILES string of the molecule is CC(N)C(=O)NC(C(=O)NC(CCC(=O)O)C(=O)NC(CCCN=C(N)N)C(=O)O)C(C)C. The lowest BCUT2D eigenvalue weighted by molar-refractivity contribution is -0.143. The van der Waals surface area contributed by atoms with Gasteiger partial charge in [0.15, 0.2) is 5.96 Å². The smallest absolute Gasteiger partial charge is 0.326 e. The normalized spacial score (nSPS) is 14.3. The Morgan fingerprint density at radius 3 is 1.88 bits per heavy atom. The predicted molar refractivity (Wildman–Crippen MR) is 119 cm³/mol. The van der Waals surface area contributed by atoms with Crippen LogP contribution in [0.4, 0.5) is 0 Å². The number of hydrogen-bond donors (Lipinski definition) is 8. The van der Waals surface area contributed by atoms with Crippen molar-refractivity contribution >= 4 is 35.6 Å². The number of rotatable bonds is 15. The number of nitrogens with zero attached hydrogens (tertiary/aromatic N) is 1. The van der Waals surface area contributed by atoms with Crippen molar-refractivity contribution in [2.24, 2.45) is 28.1 Å². The van der Waals surface area contributed by atoms with Crippen molar-refractivity contribution in [1.82, 2.24) is 16.0 Å². The number of hydrogen-bond acceptors (Lipinski definition) is 7. The quantitative estimate of drug-likeness (QED) is 0.0701. The van der Waals surface area contributed by atoms with Gasteiger partial charge in [0, 0.05) is 13.0 Å². The summed E-state index contributed by atoms with van der Waals surface area (Å²) in [6, 6.07) is -4.57. The highest BCUT2D eigenvalue weighted by molar-refractivity contribution is 5.94. The zero-order chi connectivity index (χ0) is 25.7. The van der Waals surface area contributed by atoms with Crippen LogP contribution in [0, 0.1) is 5.92 Å². The van der Waals surface area contributed by atoms with E-state index in [2.05, 4.69) is 20.9 Å². The molecule has 0 aromatic carbocycles. The molecule has 14 heteroatoms. The molecular formula is C19H35N7O7. The standard InChI is InChI=1S/C19H35N7O7/c1-9(2)14(26-15(29)10(3)20)17(31)24-11(6-7-13(27)28)16(30)25-12(18(32)33)5-4-8-23-19(21)22/h9-12,14H,4-8,20H2,1-3H3,(H,24,31)(H,25,30)(H,26,29)(H,27,28)(H,32,33)(H4,21,22,23). The minimum Gasteiger partial charge on any atom is -0.481 e. The van der Waals surface area contributed by atoms with E-state index in [1.165, 1.54) is 6.92 Å². The van der Waals surface area contributed by atoms with Crippen molar-refractivity contribution in [2.75, 3.05) is 6.54 Å². The maximum Gasteiger partial charge on any atom is 0.326 e. The number of carboxylic acids is 2. The van der Waals surface area contributed by atoms with Crippen LogP contribution in [0.5, 0.6) is 0 Å². The molecule has 0 rings (SSSR count). The molecule has 33 heavy (non-hydrogen) atoms. The summed E-state index contributed by atoms with van der Waals surface area (Å²) in [5.41, 5.74) is 15.9. The van der Waals surface area contributed by atoms with Crippen LogP contribution in [-0.2, 0) is 24.0 Å². The van der Waals surface area contributed by atoms with Crippen LogP contribution >= 0.6 is 0 Å². The minimum atomic E-state index is -1.35. The van der Waals surface area contributed by atoms with Crippen molar-refractivity contribution in [1.29, 1.82) is 0 Å². The van der Waals surface area contributed by atoms with Gasteiger partial charge in [-0.2, -0.15) is 0 Å². The molecule has 0 saturated carbocycles. The molecule has 0 aliphatic rings. The van der Waals surface area contributed by atoms with Crippen LogP contribution in [-0.4, -0.2) is 76.5 Å². The van der Waals surface area contributed by atoms with E-state index in [0.717, 1.165) is 0 Å². The molecule has 0 bridgehead atoms. The highest BCUT2D eigenvalue weighted by Crippen LogP contribution is 2.07. The van der Waals surface area contributed by atoms with Crippen LogP contribution in [0.15, 0.2) is 4.99 Å². The Labute approximate surface area is 191 Å². The third-order valence-electron chi connectivity index (χ3n) is 4.50. The first-order valence-corrected chi connectivity index (χ1v) is 10.4.